The maximum atomic E-state index is 13.5. The Hall–Kier alpha value is -3.73. The Kier molecular flexibility index (Phi) is 8.72. The normalized spacial score (nSPS) is 17.5. The van der Waals surface area contributed by atoms with E-state index in [2.05, 4.69) is 20.6 Å². The molecule has 3 atom stereocenters. The number of halogens is 1. The number of anilines is 1. The summed E-state index contributed by atoms with van der Waals surface area (Å²) < 4.78 is 10.7. The number of benzene rings is 2. The van der Waals surface area contributed by atoms with Crippen LogP contribution in [-0.4, -0.2) is 70.3 Å². The van der Waals surface area contributed by atoms with Crippen LogP contribution in [0.15, 0.2) is 48.7 Å². The molecule has 0 aliphatic carbocycles. The number of aromatic nitrogens is 2. The van der Waals surface area contributed by atoms with E-state index in [1.807, 2.05) is 18.2 Å². The van der Waals surface area contributed by atoms with Gasteiger partial charge in [0.05, 0.1) is 36.2 Å². The lowest BCUT2D eigenvalue weighted by molar-refractivity contribution is -0.126. The monoisotopic (exact) mass is 579 g/mol. The molecule has 11 heteroatoms. The number of aliphatic hydroxyl groups is 1. The number of hydrogen-bond donors (Lipinski definition) is 3. The van der Waals surface area contributed by atoms with Gasteiger partial charge in [0.15, 0.2) is 0 Å². The minimum absolute atomic E-state index is 0.220. The summed E-state index contributed by atoms with van der Waals surface area (Å²) in [6.45, 7) is 4.96. The first-order valence-electron chi connectivity index (χ1n) is 13.7. The van der Waals surface area contributed by atoms with E-state index in [1.54, 1.807) is 51.4 Å². The lowest BCUT2D eigenvalue weighted by Crippen LogP contribution is -2.47. The lowest BCUT2D eigenvalue weighted by Gasteiger charge is -2.28. The quantitative estimate of drug-likeness (QED) is 0.348. The summed E-state index contributed by atoms with van der Waals surface area (Å²) in [5, 5.41) is 17.1. The van der Waals surface area contributed by atoms with E-state index in [9.17, 15) is 14.7 Å². The summed E-state index contributed by atoms with van der Waals surface area (Å²) in [5.74, 6) is 0.457. The fraction of sp³-hybridized carbons (Fsp3) is 0.400. The van der Waals surface area contributed by atoms with Crippen LogP contribution in [0.5, 0.6) is 5.75 Å². The summed E-state index contributed by atoms with van der Waals surface area (Å²) in [6.07, 6.45) is 2.43. The summed E-state index contributed by atoms with van der Waals surface area (Å²) in [6, 6.07) is 11.5. The number of rotatable bonds is 9. The van der Waals surface area contributed by atoms with Gasteiger partial charge in [0.2, 0.25) is 11.9 Å². The lowest BCUT2D eigenvalue weighted by atomic mass is 10.0. The summed E-state index contributed by atoms with van der Waals surface area (Å²) >= 11 is 6.48. The van der Waals surface area contributed by atoms with Crippen molar-refractivity contribution in [2.75, 3.05) is 25.6 Å². The average Bonchev–Trinajstić information content (AvgIpc) is 3.32. The van der Waals surface area contributed by atoms with Crippen molar-refractivity contribution in [1.82, 2.24) is 20.2 Å². The number of ether oxygens (including phenoxy) is 2. The molecule has 0 radical (unpaired) electrons. The van der Waals surface area contributed by atoms with Crippen molar-refractivity contribution in [3.05, 3.63) is 70.4 Å². The standard InChI is InChI=1S/C30H34ClN5O5/c1-17(28(38)34-26(18(2)37)19-5-4-6-23(13-19)40-3)36-16-21-8-7-20(14-24(21)29(36)39)27-25(31)15-32-30(35-27)33-22-9-11-41-12-10-22/h4-8,13-15,17-18,22,26,37H,9-12,16H2,1-3H3,(H,34,38)(H,32,33,35). The van der Waals surface area contributed by atoms with Gasteiger partial charge in [0.25, 0.3) is 5.91 Å². The van der Waals surface area contributed by atoms with Crippen LogP contribution in [0.3, 0.4) is 0 Å². The molecule has 10 nitrogen and oxygen atoms in total. The van der Waals surface area contributed by atoms with E-state index >= 15 is 0 Å². The molecule has 3 heterocycles. The highest BCUT2D eigenvalue weighted by Crippen LogP contribution is 2.33. The van der Waals surface area contributed by atoms with Crippen LogP contribution in [0.2, 0.25) is 5.02 Å². The minimum Gasteiger partial charge on any atom is -0.497 e. The Bertz CT molecular complexity index is 1430. The van der Waals surface area contributed by atoms with Crippen LogP contribution in [0.1, 0.15) is 54.2 Å². The SMILES string of the molecule is COc1cccc(C(NC(=O)C(C)N2Cc3ccc(-c4nc(NC5CCOCC5)ncc4Cl)cc3C2=O)C(C)O)c1. The highest BCUT2D eigenvalue weighted by molar-refractivity contribution is 6.33. The number of hydrogen-bond acceptors (Lipinski definition) is 8. The molecule has 2 aliphatic heterocycles. The number of aliphatic hydroxyl groups excluding tert-OH is 1. The van der Waals surface area contributed by atoms with Gasteiger partial charge in [-0.05, 0) is 56.0 Å². The van der Waals surface area contributed by atoms with Crippen LogP contribution >= 0.6 is 11.6 Å². The van der Waals surface area contributed by atoms with E-state index in [1.165, 1.54) is 4.90 Å². The Morgan fingerprint density at radius 3 is 2.71 bits per heavy atom. The third-order valence-corrected chi connectivity index (χ3v) is 7.87. The molecule has 5 rings (SSSR count). The first-order valence-corrected chi connectivity index (χ1v) is 14.1. The molecule has 1 fully saturated rings. The fourth-order valence-electron chi connectivity index (χ4n) is 5.18. The first kappa shape index (κ1) is 28.8. The van der Waals surface area contributed by atoms with E-state index in [0.29, 0.717) is 52.3 Å². The smallest absolute Gasteiger partial charge is 0.255 e. The van der Waals surface area contributed by atoms with Crippen LogP contribution in [0.4, 0.5) is 5.95 Å². The highest BCUT2D eigenvalue weighted by atomic mass is 35.5. The molecule has 3 aromatic rings. The number of carbonyl (C=O) groups is 2. The maximum Gasteiger partial charge on any atom is 0.255 e. The van der Waals surface area contributed by atoms with Gasteiger partial charge in [-0.25, -0.2) is 9.97 Å². The number of nitrogens with one attached hydrogen (secondary N) is 2. The van der Waals surface area contributed by atoms with Gasteiger partial charge < -0.3 is 30.1 Å². The second-order valence-electron chi connectivity index (χ2n) is 10.4. The average molecular weight is 580 g/mol. The van der Waals surface area contributed by atoms with Crippen molar-refractivity contribution in [3.63, 3.8) is 0 Å². The topological polar surface area (TPSA) is 126 Å². The Morgan fingerprint density at radius 2 is 1.98 bits per heavy atom. The molecule has 1 aromatic heterocycles. The van der Waals surface area contributed by atoms with Crippen LogP contribution in [0.25, 0.3) is 11.3 Å². The summed E-state index contributed by atoms with van der Waals surface area (Å²) in [5.41, 5.74) is 3.22. The second-order valence-corrected chi connectivity index (χ2v) is 10.8. The number of fused-ring (bicyclic) bond motifs is 1. The van der Waals surface area contributed by atoms with Crippen molar-refractivity contribution >= 4 is 29.4 Å². The minimum atomic E-state index is -0.865. The zero-order chi connectivity index (χ0) is 29.1. The third kappa shape index (κ3) is 6.29. The fourth-order valence-corrected chi connectivity index (χ4v) is 5.38. The number of carbonyl (C=O) groups excluding carboxylic acids is 2. The molecule has 41 heavy (non-hydrogen) atoms. The third-order valence-electron chi connectivity index (χ3n) is 7.59. The predicted molar refractivity (Wildman–Crippen MR) is 155 cm³/mol. The van der Waals surface area contributed by atoms with Crippen molar-refractivity contribution < 1.29 is 24.2 Å². The molecule has 0 spiro atoms. The van der Waals surface area contributed by atoms with Gasteiger partial charge in [-0.2, -0.15) is 0 Å². The second kappa shape index (κ2) is 12.4. The van der Waals surface area contributed by atoms with Gasteiger partial charge >= 0.3 is 0 Å². The zero-order valence-electron chi connectivity index (χ0n) is 23.3. The summed E-state index contributed by atoms with van der Waals surface area (Å²) in [7, 11) is 1.56. The van der Waals surface area contributed by atoms with Crippen molar-refractivity contribution in [2.24, 2.45) is 0 Å². The van der Waals surface area contributed by atoms with Crippen LogP contribution in [0, 0.1) is 0 Å². The number of methoxy groups -OCH3 is 1. The Labute approximate surface area is 244 Å². The Balaban J connectivity index is 1.31. The van der Waals surface area contributed by atoms with Crippen LogP contribution in [-0.2, 0) is 16.1 Å². The van der Waals surface area contributed by atoms with Crippen molar-refractivity contribution in [3.8, 4) is 17.0 Å². The van der Waals surface area contributed by atoms with Crippen LogP contribution < -0.4 is 15.4 Å². The highest BCUT2D eigenvalue weighted by Gasteiger charge is 2.35. The molecule has 1 saturated heterocycles. The van der Waals surface area contributed by atoms with Gasteiger partial charge in [0, 0.05) is 36.9 Å². The van der Waals surface area contributed by atoms with Crippen molar-refractivity contribution in [2.45, 2.75) is 57.5 Å². The van der Waals surface area contributed by atoms with Gasteiger partial charge in [-0.15, -0.1) is 0 Å². The van der Waals surface area contributed by atoms with E-state index in [-0.39, 0.29) is 24.4 Å². The molecule has 3 N–H and O–H groups in total. The van der Waals surface area contributed by atoms with Gasteiger partial charge in [-0.1, -0.05) is 35.9 Å². The molecular formula is C30H34ClN5O5. The number of nitrogens with zero attached hydrogens (tertiary/aromatic N) is 3. The largest absolute Gasteiger partial charge is 0.497 e. The van der Waals surface area contributed by atoms with E-state index in [0.717, 1.165) is 18.4 Å². The molecule has 2 aliphatic rings. The molecule has 3 unspecified atom stereocenters. The predicted octanol–water partition coefficient (Wildman–Crippen LogP) is 3.98. The first-order chi connectivity index (χ1) is 19.7. The molecule has 2 amide bonds. The molecule has 216 valence electrons. The van der Waals surface area contributed by atoms with E-state index < -0.39 is 18.2 Å². The van der Waals surface area contributed by atoms with Crippen molar-refractivity contribution in [1.29, 1.82) is 0 Å². The van der Waals surface area contributed by atoms with E-state index in [4.69, 9.17) is 21.1 Å². The molecule has 2 aromatic carbocycles. The molecule has 0 saturated carbocycles. The maximum absolute atomic E-state index is 13.5. The number of amides is 2. The molecule has 0 bridgehead atoms. The summed E-state index contributed by atoms with van der Waals surface area (Å²) in [4.78, 5) is 37.3. The van der Waals surface area contributed by atoms with Gasteiger partial charge in [0.1, 0.15) is 11.8 Å². The van der Waals surface area contributed by atoms with Gasteiger partial charge in [-0.3, -0.25) is 9.59 Å². The molecular weight excluding hydrogens is 546 g/mol. The Morgan fingerprint density at radius 1 is 1.20 bits per heavy atom. The zero-order valence-corrected chi connectivity index (χ0v) is 24.0.